The van der Waals surface area contributed by atoms with E-state index in [-0.39, 0.29) is 21.6 Å². The number of rotatable bonds is 4. The Morgan fingerprint density at radius 1 is 1.10 bits per heavy atom. The van der Waals surface area contributed by atoms with Gasteiger partial charge in [0.25, 0.3) is 15.9 Å². The maximum atomic E-state index is 12.7. The molecule has 1 atom stereocenters. The number of amides is 1. The molecule has 0 bridgehead atoms. The molecule has 2 heterocycles. The lowest BCUT2D eigenvalue weighted by atomic mass is 9.87. The number of esters is 2. The number of ether oxygens (including phenoxy) is 2. The summed E-state index contributed by atoms with van der Waals surface area (Å²) >= 11 is 0. The molecule has 154 valence electrons. The Balaban J connectivity index is 1.81. The summed E-state index contributed by atoms with van der Waals surface area (Å²) < 4.78 is 35.5. The minimum absolute atomic E-state index is 0.0261. The molecule has 0 saturated carbocycles. The average Bonchev–Trinajstić information content (AvgIpc) is 2.85. The smallest absolute Gasteiger partial charge is 0.338 e. The number of hydrogen-bond acceptors (Lipinski definition) is 8. The normalized spacial score (nSPS) is 20.3. The fourth-order valence-electron chi connectivity index (χ4n) is 3.53. The first-order valence-electron chi connectivity index (χ1n) is 8.71. The van der Waals surface area contributed by atoms with Crippen molar-refractivity contribution in [2.45, 2.75) is 25.7 Å². The Hall–Kier alpha value is -3.14. The van der Waals surface area contributed by atoms with Crippen LogP contribution >= 0.6 is 0 Å². The molecule has 0 spiro atoms. The Kier molecular flexibility index (Phi) is 5.22. The molecule has 10 heteroatoms. The van der Waals surface area contributed by atoms with Crippen LogP contribution < -0.4 is 5.32 Å². The second-order valence-corrected chi connectivity index (χ2v) is 8.46. The summed E-state index contributed by atoms with van der Waals surface area (Å²) in [7, 11) is -2.86. The second kappa shape index (κ2) is 7.36. The summed E-state index contributed by atoms with van der Waals surface area (Å²) in [4.78, 5) is 37.0. The SMILES string of the molecule is COC(=O)C1=C(C)NC(C)=C(C(=O)OCN2C(=O)c3ccccc3S2(=O)=O)C1C. The maximum absolute atomic E-state index is 12.7. The van der Waals surface area contributed by atoms with Gasteiger partial charge < -0.3 is 14.8 Å². The molecule has 3 rings (SSSR count). The van der Waals surface area contributed by atoms with Gasteiger partial charge in [-0.25, -0.2) is 18.0 Å². The molecule has 0 fully saturated rings. The molecule has 0 aromatic heterocycles. The topological polar surface area (TPSA) is 119 Å². The van der Waals surface area contributed by atoms with Gasteiger partial charge in [-0.2, -0.15) is 4.31 Å². The maximum Gasteiger partial charge on any atom is 0.338 e. The van der Waals surface area contributed by atoms with E-state index < -0.39 is 40.5 Å². The predicted octanol–water partition coefficient (Wildman–Crippen LogP) is 1.29. The molecule has 0 radical (unpaired) electrons. The van der Waals surface area contributed by atoms with Crippen molar-refractivity contribution in [3.8, 4) is 0 Å². The number of benzene rings is 1. The molecule has 9 nitrogen and oxygen atoms in total. The zero-order chi connectivity index (χ0) is 21.5. The van der Waals surface area contributed by atoms with Crippen molar-refractivity contribution in [1.29, 1.82) is 0 Å². The summed E-state index contributed by atoms with van der Waals surface area (Å²) in [5.41, 5.74) is 1.45. The minimum atomic E-state index is -4.09. The van der Waals surface area contributed by atoms with Gasteiger partial charge in [0.1, 0.15) is 4.90 Å². The molecule has 29 heavy (non-hydrogen) atoms. The molecule has 1 N–H and O–H groups in total. The fraction of sp³-hybridized carbons (Fsp3) is 0.316. The van der Waals surface area contributed by atoms with E-state index in [1.807, 2.05) is 0 Å². The lowest BCUT2D eigenvalue weighted by Gasteiger charge is -2.27. The van der Waals surface area contributed by atoms with E-state index >= 15 is 0 Å². The summed E-state index contributed by atoms with van der Waals surface area (Å²) in [5.74, 6) is -2.83. The molecular weight excluding hydrogens is 400 g/mol. The van der Waals surface area contributed by atoms with Crippen molar-refractivity contribution in [2.75, 3.05) is 13.8 Å². The highest BCUT2D eigenvalue weighted by Crippen LogP contribution is 2.32. The van der Waals surface area contributed by atoms with Crippen LogP contribution in [0.25, 0.3) is 0 Å². The van der Waals surface area contributed by atoms with Crippen LogP contribution in [0, 0.1) is 5.92 Å². The zero-order valence-electron chi connectivity index (χ0n) is 16.3. The Morgan fingerprint density at radius 2 is 1.69 bits per heavy atom. The molecule has 2 aliphatic rings. The monoisotopic (exact) mass is 420 g/mol. The number of sulfonamides is 1. The van der Waals surface area contributed by atoms with Crippen LogP contribution in [0.3, 0.4) is 0 Å². The van der Waals surface area contributed by atoms with E-state index in [0.717, 1.165) is 0 Å². The van der Waals surface area contributed by atoms with Crippen LogP contribution in [0.4, 0.5) is 0 Å². The van der Waals surface area contributed by atoms with Gasteiger partial charge in [0.05, 0.1) is 23.8 Å². The third kappa shape index (κ3) is 3.29. The summed E-state index contributed by atoms with van der Waals surface area (Å²) in [6.07, 6.45) is 0. The lowest BCUT2D eigenvalue weighted by molar-refractivity contribution is -0.141. The molecule has 1 amide bonds. The zero-order valence-corrected chi connectivity index (χ0v) is 17.1. The standard InChI is InChI=1S/C19H20N2O7S/c1-10-15(18(23)27-4)11(2)20-12(3)16(10)19(24)28-9-21-17(22)13-7-5-6-8-14(13)29(21,25)26/h5-8,10,20H,9H2,1-4H3. The lowest BCUT2D eigenvalue weighted by Crippen LogP contribution is -2.36. The highest BCUT2D eigenvalue weighted by molar-refractivity contribution is 7.90. The summed E-state index contributed by atoms with van der Waals surface area (Å²) in [5, 5.41) is 2.93. The van der Waals surface area contributed by atoms with Gasteiger partial charge >= 0.3 is 11.9 Å². The van der Waals surface area contributed by atoms with E-state index in [1.54, 1.807) is 26.8 Å². The first-order chi connectivity index (χ1) is 13.6. The molecule has 1 unspecified atom stereocenters. The molecule has 2 aliphatic heterocycles. The number of dihydropyridines is 1. The van der Waals surface area contributed by atoms with Crippen molar-refractivity contribution in [1.82, 2.24) is 9.62 Å². The number of carbonyl (C=O) groups excluding carboxylic acids is 3. The summed E-state index contributed by atoms with van der Waals surface area (Å²) in [6, 6.07) is 5.77. The van der Waals surface area contributed by atoms with Crippen LogP contribution in [0.2, 0.25) is 0 Å². The number of methoxy groups -OCH3 is 1. The number of fused-ring (bicyclic) bond motifs is 1. The van der Waals surface area contributed by atoms with Crippen LogP contribution in [0.5, 0.6) is 0 Å². The third-order valence-electron chi connectivity index (χ3n) is 4.90. The van der Waals surface area contributed by atoms with E-state index in [1.165, 1.54) is 25.3 Å². The molecule has 1 aromatic carbocycles. The number of allylic oxidation sites excluding steroid dienone is 2. The Labute approximate surface area is 168 Å². The van der Waals surface area contributed by atoms with Gasteiger partial charge in [-0.15, -0.1) is 0 Å². The van der Waals surface area contributed by atoms with Crippen LogP contribution in [0.15, 0.2) is 51.7 Å². The third-order valence-corrected chi connectivity index (χ3v) is 6.66. The van der Waals surface area contributed by atoms with Crippen LogP contribution in [0.1, 0.15) is 31.1 Å². The van der Waals surface area contributed by atoms with E-state index in [0.29, 0.717) is 15.7 Å². The molecule has 0 saturated heterocycles. The van der Waals surface area contributed by atoms with Gasteiger partial charge in [0.15, 0.2) is 6.73 Å². The van der Waals surface area contributed by atoms with Crippen molar-refractivity contribution in [2.24, 2.45) is 5.92 Å². The first kappa shape index (κ1) is 20.6. The Bertz CT molecular complexity index is 1090. The van der Waals surface area contributed by atoms with Gasteiger partial charge in [-0.3, -0.25) is 4.79 Å². The van der Waals surface area contributed by atoms with Crippen molar-refractivity contribution >= 4 is 27.9 Å². The first-order valence-corrected chi connectivity index (χ1v) is 10.1. The number of nitrogens with zero attached hydrogens (tertiary/aromatic N) is 1. The number of hydrogen-bond donors (Lipinski definition) is 1. The fourth-order valence-corrected chi connectivity index (χ4v) is 4.96. The quantitative estimate of drug-likeness (QED) is 0.724. The minimum Gasteiger partial charge on any atom is -0.466 e. The van der Waals surface area contributed by atoms with Gasteiger partial charge in [-0.1, -0.05) is 19.1 Å². The van der Waals surface area contributed by atoms with Crippen LogP contribution in [-0.4, -0.2) is 44.4 Å². The molecule has 0 aliphatic carbocycles. The van der Waals surface area contributed by atoms with Crippen molar-refractivity contribution in [3.05, 3.63) is 52.4 Å². The van der Waals surface area contributed by atoms with Crippen LogP contribution in [-0.2, 0) is 29.1 Å². The number of nitrogens with one attached hydrogen (secondary N) is 1. The van der Waals surface area contributed by atoms with Gasteiger partial charge in [0.2, 0.25) is 0 Å². The molecular formula is C19H20N2O7S. The largest absolute Gasteiger partial charge is 0.466 e. The number of carbonyl (C=O) groups is 3. The average molecular weight is 420 g/mol. The Morgan fingerprint density at radius 3 is 2.28 bits per heavy atom. The van der Waals surface area contributed by atoms with Crippen molar-refractivity contribution < 1.29 is 32.3 Å². The van der Waals surface area contributed by atoms with Crippen molar-refractivity contribution in [3.63, 3.8) is 0 Å². The van der Waals surface area contributed by atoms with E-state index in [9.17, 15) is 22.8 Å². The highest BCUT2D eigenvalue weighted by Gasteiger charge is 2.42. The van der Waals surface area contributed by atoms with Gasteiger partial charge in [-0.05, 0) is 26.0 Å². The second-order valence-electron chi connectivity index (χ2n) is 6.63. The van der Waals surface area contributed by atoms with E-state index in [4.69, 9.17) is 9.47 Å². The van der Waals surface area contributed by atoms with E-state index in [2.05, 4.69) is 5.32 Å². The summed E-state index contributed by atoms with van der Waals surface area (Å²) in [6.45, 7) is 4.19. The predicted molar refractivity (Wildman–Crippen MR) is 100 cm³/mol. The molecule has 1 aromatic rings. The highest BCUT2D eigenvalue weighted by atomic mass is 32.2. The van der Waals surface area contributed by atoms with Gasteiger partial charge in [0, 0.05) is 17.3 Å².